The SMILES string of the molecule is CN1CCN(c2ccc(-c3n[nH]c(=O)c4ccccc34)cc2NC(=O)Cc2cccs2)CC1. The zero-order chi connectivity index (χ0) is 22.8. The smallest absolute Gasteiger partial charge is 0.272 e. The van der Waals surface area contributed by atoms with Gasteiger partial charge in [-0.05, 0) is 36.7 Å². The number of rotatable bonds is 5. The van der Waals surface area contributed by atoms with Crippen LogP contribution in [0.1, 0.15) is 4.88 Å². The van der Waals surface area contributed by atoms with Crippen molar-refractivity contribution in [1.29, 1.82) is 0 Å². The highest BCUT2D eigenvalue weighted by Crippen LogP contribution is 2.33. The average Bonchev–Trinajstić information content (AvgIpc) is 3.33. The maximum atomic E-state index is 12.9. The van der Waals surface area contributed by atoms with Gasteiger partial charge in [-0.2, -0.15) is 5.10 Å². The molecule has 1 saturated heterocycles. The van der Waals surface area contributed by atoms with Gasteiger partial charge in [0.2, 0.25) is 5.91 Å². The Bertz CT molecular complexity index is 1340. The normalized spacial score (nSPS) is 14.5. The Morgan fingerprint density at radius 3 is 2.61 bits per heavy atom. The average molecular weight is 460 g/mol. The summed E-state index contributed by atoms with van der Waals surface area (Å²) in [6, 6.07) is 17.4. The van der Waals surface area contributed by atoms with Gasteiger partial charge < -0.3 is 15.1 Å². The van der Waals surface area contributed by atoms with Crippen LogP contribution in [-0.4, -0.2) is 54.2 Å². The molecule has 2 N–H and O–H groups in total. The first-order valence-electron chi connectivity index (χ1n) is 11.0. The molecular formula is C25H25N5O2S. The number of aromatic amines is 1. The highest BCUT2D eigenvalue weighted by Gasteiger charge is 2.20. The van der Waals surface area contributed by atoms with E-state index in [2.05, 4.69) is 32.4 Å². The number of nitrogens with zero attached hydrogens (tertiary/aromatic N) is 3. The van der Waals surface area contributed by atoms with Crippen molar-refractivity contribution >= 4 is 39.4 Å². The number of hydrogen-bond donors (Lipinski definition) is 2. The second-order valence-corrected chi connectivity index (χ2v) is 9.31. The first kappa shape index (κ1) is 21.4. The van der Waals surface area contributed by atoms with Crippen molar-refractivity contribution in [1.82, 2.24) is 15.1 Å². The summed E-state index contributed by atoms with van der Waals surface area (Å²) < 4.78 is 0. The Morgan fingerprint density at radius 2 is 1.85 bits per heavy atom. The number of carbonyl (C=O) groups is 1. The zero-order valence-corrected chi connectivity index (χ0v) is 19.2. The second kappa shape index (κ2) is 9.17. The van der Waals surface area contributed by atoms with Crippen LogP contribution in [0.15, 0.2) is 64.8 Å². The highest BCUT2D eigenvalue weighted by molar-refractivity contribution is 7.10. The van der Waals surface area contributed by atoms with E-state index in [0.29, 0.717) is 17.5 Å². The number of carbonyl (C=O) groups excluding carboxylic acids is 1. The molecule has 168 valence electrons. The van der Waals surface area contributed by atoms with Crippen LogP contribution in [0, 0.1) is 0 Å². The number of aromatic nitrogens is 2. The first-order chi connectivity index (χ1) is 16.1. The van der Waals surface area contributed by atoms with Crippen molar-refractivity contribution in [2.75, 3.05) is 43.4 Å². The lowest BCUT2D eigenvalue weighted by molar-refractivity contribution is -0.115. The molecule has 0 unspecified atom stereocenters. The highest BCUT2D eigenvalue weighted by atomic mass is 32.1. The number of piperazine rings is 1. The first-order valence-corrected chi connectivity index (χ1v) is 11.8. The van der Waals surface area contributed by atoms with Crippen molar-refractivity contribution in [3.05, 3.63) is 75.2 Å². The molecule has 1 amide bonds. The van der Waals surface area contributed by atoms with Gasteiger partial charge in [-0.15, -0.1) is 11.3 Å². The number of anilines is 2. The predicted octanol–water partition coefficient (Wildman–Crippen LogP) is 3.58. The Kier molecular flexibility index (Phi) is 5.93. The van der Waals surface area contributed by atoms with Crippen LogP contribution in [-0.2, 0) is 11.2 Å². The molecule has 7 nitrogen and oxygen atoms in total. The van der Waals surface area contributed by atoms with Gasteiger partial charge in [0.05, 0.1) is 28.9 Å². The lowest BCUT2D eigenvalue weighted by Gasteiger charge is -2.35. The summed E-state index contributed by atoms with van der Waals surface area (Å²) in [5.74, 6) is -0.0516. The largest absolute Gasteiger partial charge is 0.367 e. The molecule has 2 aromatic heterocycles. The van der Waals surface area contributed by atoms with Crippen molar-refractivity contribution in [3.8, 4) is 11.3 Å². The van der Waals surface area contributed by atoms with E-state index in [0.717, 1.165) is 53.4 Å². The molecule has 0 radical (unpaired) electrons. The number of amides is 1. The molecule has 0 saturated carbocycles. The summed E-state index contributed by atoms with van der Waals surface area (Å²) >= 11 is 1.58. The molecule has 2 aromatic carbocycles. The summed E-state index contributed by atoms with van der Waals surface area (Å²) in [7, 11) is 2.12. The van der Waals surface area contributed by atoms with E-state index in [-0.39, 0.29) is 11.5 Å². The third-order valence-electron chi connectivity index (χ3n) is 6.00. The Labute approximate surface area is 195 Å². The van der Waals surface area contributed by atoms with Crippen LogP contribution in [0.5, 0.6) is 0 Å². The molecule has 0 aliphatic carbocycles. The van der Waals surface area contributed by atoms with Crippen LogP contribution in [0.3, 0.4) is 0 Å². The number of thiophene rings is 1. The van der Waals surface area contributed by atoms with Crippen molar-refractivity contribution in [2.24, 2.45) is 0 Å². The maximum Gasteiger partial charge on any atom is 0.272 e. The lowest BCUT2D eigenvalue weighted by atomic mass is 10.0. The third-order valence-corrected chi connectivity index (χ3v) is 6.88. The van der Waals surface area contributed by atoms with E-state index < -0.39 is 0 Å². The van der Waals surface area contributed by atoms with Crippen molar-refractivity contribution in [2.45, 2.75) is 6.42 Å². The van der Waals surface area contributed by atoms with E-state index in [9.17, 15) is 9.59 Å². The number of nitrogens with one attached hydrogen (secondary N) is 2. The topological polar surface area (TPSA) is 81.3 Å². The van der Waals surface area contributed by atoms with Crippen LogP contribution in [0.4, 0.5) is 11.4 Å². The van der Waals surface area contributed by atoms with E-state index in [4.69, 9.17) is 0 Å². The standard InChI is InChI=1S/C25H25N5O2S/c1-29-10-12-30(13-11-29)22-9-8-17(15-21(22)26-23(31)16-18-5-4-14-33-18)24-19-6-2-3-7-20(19)25(32)28-27-24/h2-9,14-15H,10-13,16H2,1H3,(H,26,31)(H,28,32). The number of likely N-dealkylation sites (N-methyl/N-ethyl adjacent to an activating group) is 1. The van der Waals surface area contributed by atoms with Gasteiger partial charge in [0.25, 0.3) is 5.56 Å². The predicted molar refractivity (Wildman–Crippen MR) is 134 cm³/mol. The molecule has 1 fully saturated rings. The van der Waals surface area contributed by atoms with Gasteiger partial charge in [0, 0.05) is 42.0 Å². The number of H-pyrrole nitrogens is 1. The van der Waals surface area contributed by atoms with Crippen LogP contribution in [0.25, 0.3) is 22.0 Å². The van der Waals surface area contributed by atoms with E-state index >= 15 is 0 Å². The zero-order valence-electron chi connectivity index (χ0n) is 18.4. The molecule has 0 bridgehead atoms. The summed E-state index contributed by atoms with van der Waals surface area (Å²) in [4.78, 5) is 30.7. The van der Waals surface area contributed by atoms with Gasteiger partial charge in [0.15, 0.2) is 0 Å². The third kappa shape index (κ3) is 4.53. The van der Waals surface area contributed by atoms with Gasteiger partial charge in [-0.1, -0.05) is 30.3 Å². The lowest BCUT2D eigenvalue weighted by Crippen LogP contribution is -2.44. The van der Waals surface area contributed by atoms with Crippen LogP contribution < -0.4 is 15.8 Å². The Hall–Kier alpha value is -3.49. The molecule has 4 aromatic rings. The minimum Gasteiger partial charge on any atom is -0.367 e. The molecule has 3 heterocycles. The fourth-order valence-electron chi connectivity index (χ4n) is 4.21. The number of fused-ring (bicyclic) bond motifs is 1. The molecule has 0 atom stereocenters. The van der Waals surface area contributed by atoms with Gasteiger partial charge in [-0.25, -0.2) is 5.10 Å². The molecule has 5 rings (SSSR count). The number of benzene rings is 2. The molecular weight excluding hydrogens is 434 g/mol. The molecule has 8 heteroatoms. The molecule has 33 heavy (non-hydrogen) atoms. The fraction of sp³-hybridized carbons (Fsp3) is 0.240. The summed E-state index contributed by atoms with van der Waals surface area (Å²) in [5.41, 5.74) is 3.07. The minimum absolute atomic E-state index is 0.0516. The molecule has 0 spiro atoms. The van der Waals surface area contributed by atoms with E-state index in [1.54, 1.807) is 17.4 Å². The minimum atomic E-state index is -0.215. The number of hydrogen-bond acceptors (Lipinski definition) is 6. The monoisotopic (exact) mass is 459 g/mol. The fourth-order valence-corrected chi connectivity index (χ4v) is 4.91. The summed E-state index contributed by atoms with van der Waals surface area (Å²) in [6.45, 7) is 3.72. The van der Waals surface area contributed by atoms with Crippen molar-refractivity contribution in [3.63, 3.8) is 0 Å². The van der Waals surface area contributed by atoms with Gasteiger partial charge in [-0.3, -0.25) is 9.59 Å². The van der Waals surface area contributed by atoms with Crippen LogP contribution >= 0.6 is 11.3 Å². The Balaban J connectivity index is 1.54. The maximum absolute atomic E-state index is 12.9. The van der Waals surface area contributed by atoms with Crippen molar-refractivity contribution < 1.29 is 4.79 Å². The van der Waals surface area contributed by atoms with E-state index in [1.807, 2.05) is 53.9 Å². The second-order valence-electron chi connectivity index (χ2n) is 8.27. The Morgan fingerprint density at radius 1 is 1.06 bits per heavy atom. The summed E-state index contributed by atoms with van der Waals surface area (Å²) in [6.07, 6.45) is 0.337. The molecule has 1 aliphatic rings. The van der Waals surface area contributed by atoms with Gasteiger partial charge in [0.1, 0.15) is 0 Å². The molecule has 1 aliphatic heterocycles. The van der Waals surface area contributed by atoms with Gasteiger partial charge >= 0.3 is 0 Å². The van der Waals surface area contributed by atoms with E-state index in [1.165, 1.54) is 0 Å². The quantitative estimate of drug-likeness (QED) is 0.477. The van der Waals surface area contributed by atoms with Crippen LogP contribution in [0.2, 0.25) is 0 Å². The summed E-state index contributed by atoms with van der Waals surface area (Å²) in [5, 5.41) is 13.4.